The van der Waals surface area contributed by atoms with Crippen molar-refractivity contribution in [3.05, 3.63) is 21.5 Å². The minimum Gasteiger partial charge on any atom is -0.376 e. The predicted octanol–water partition coefficient (Wildman–Crippen LogP) is 1.41. The number of aromatic amines is 1. The Hall–Kier alpha value is -1.96. The summed E-state index contributed by atoms with van der Waals surface area (Å²) in [4.78, 5) is 24.9. The fourth-order valence-corrected chi connectivity index (χ4v) is 3.27. The third kappa shape index (κ3) is 2.39. The summed E-state index contributed by atoms with van der Waals surface area (Å²) >= 11 is 0. The van der Waals surface area contributed by atoms with E-state index in [1.807, 2.05) is 0 Å². The first kappa shape index (κ1) is 14.0. The lowest BCUT2D eigenvalue weighted by Gasteiger charge is -2.28. The Bertz CT molecular complexity index is 565. The number of nitrogens with zero attached hydrogens (tertiary/aromatic N) is 3. The predicted molar refractivity (Wildman–Crippen MR) is 73.0 cm³/mol. The Morgan fingerprint density at radius 3 is 2.95 bits per heavy atom. The molecule has 1 aromatic heterocycles. The van der Waals surface area contributed by atoms with Crippen LogP contribution in [-0.2, 0) is 4.74 Å². The van der Waals surface area contributed by atoms with Gasteiger partial charge in [-0.25, -0.2) is 0 Å². The molecule has 2 saturated heterocycles. The van der Waals surface area contributed by atoms with Crippen molar-refractivity contribution in [2.24, 2.45) is 0 Å². The number of aromatic nitrogens is 2. The lowest BCUT2D eigenvalue weighted by molar-refractivity contribution is -0.385. The van der Waals surface area contributed by atoms with Crippen molar-refractivity contribution >= 4 is 11.6 Å². The first-order chi connectivity index (χ1) is 10.1. The highest BCUT2D eigenvalue weighted by molar-refractivity contribution is 5.97. The third-order valence-corrected chi connectivity index (χ3v) is 4.25. The van der Waals surface area contributed by atoms with Gasteiger partial charge in [-0.2, -0.15) is 5.10 Å². The highest BCUT2D eigenvalue weighted by Gasteiger charge is 2.40. The average molecular weight is 294 g/mol. The topological polar surface area (TPSA) is 101 Å². The number of carbonyl (C=O) groups excluding carboxylic acids is 1. The molecule has 0 saturated carbocycles. The summed E-state index contributed by atoms with van der Waals surface area (Å²) in [6.45, 7) is 2.88. The summed E-state index contributed by atoms with van der Waals surface area (Å²) < 4.78 is 5.68. The maximum Gasteiger partial charge on any atom is 0.322 e. The zero-order valence-corrected chi connectivity index (χ0v) is 11.9. The van der Waals surface area contributed by atoms with Gasteiger partial charge in [-0.15, -0.1) is 0 Å². The number of likely N-dealkylation sites (tertiary alicyclic amines) is 1. The van der Waals surface area contributed by atoms with Gasteiger partial charge >= 0.3 is 5.69 Å². The van der Waals surface area contributed by atoms with Crippen molar-refractivity contribution in [2.75, 3.05) is 13.2 Å². The average Bonchev–Trinajstić information content (AvgIpc) is 3.17. The van der Waals surface area contributed by atoms with E-state index in [9.17, 15) is 14.9 Å². The number of carbonyl (C=O) groups is 1. The van der Waals surface area contributed by atoms with Crippen molar-refractivity contribution in [3.8, 4) is 0 Å². The molecule has 2 atom stereocenters. The van der Waals surface area contributed by atoms with E-state index in [0.29, 0.717) is 12.2 Å². The van der Waals surface area contributed by atoms with Gasteiger partial charge in [-0.05, 0) is 32.6 Å². The van der Waals surface area contributed by atoms with E-state index in [4.69, 9.17) is 4.74 Å². The van der Waals surface area contributed by atoms with Gasteiger partial charge in [-0.1, -0.05) is 0 Å². The molecular formula is C13H18N4O4. The molecule has 3 heterocycles. The summed E-state index contributed by atoms with van der Waals surface area (Å²) in [5, 5.41) is 17.5. The number of amides is 1. The Balaban J connectivity index is 1.85. The van der Waals surface area contributed by atoms with Gasteiger partial charge in [0.1, 0.15) is 5.69 Å². The number of ether oxygens (including phenoxy) is 1. The van der Waals surface area contributed by atoms with Gasteiger partial charge < -0.3 is 9.64 Å². The number of hydrogen-bond acceptors (Lipinski definition) is 5. The van der Waals surface area contributed by atoms with Crippen LogP contribution in [0.2, 0.25) is 0 Å². The molecule has 2 fully saturated rings. The number of hydrogen-bond donors (Lipinski definition) is 1. The Morgan fingerprint density at radius 2 is 2.29 bits per heavy atom. The minimum atomic E-state index is -0.552. The first-order valence-corrected chi connectivity index (χ1v) is 7.21. The SMILES string of the molecule is Cc1[nH]nc(C(=O)N2CCCC2C2CCCO2)c1[N+](=O)[O-]. The van der Waals surface area contributed by atoms with E-state index >= 15 is 0 Å². The van der Waals surface area contributed by atoms with Crippen LogP contribution in [0.25, 0.3) is 0 Å². The number of aryl methyl sites for hydroxylation is 1. The van der Waals surface area contributed by atoms with Gasteiger partial charge in [0.05, 0.1) is 17.1 Å². The second kappa shape index (κ2) is 5.44. The smallest absolute Gasteiger partial charge is 0.322 e. The van der Waals surface area contributed by atoms with Crippen molar-refractivity contribution in [3.63, 3.8) is 0 Å². The van der Waals surface area contributed by atoms with E-state index in [-0.39, 0.29) is 29.4 Å². The molecule has 2 aliphatic heterocycles. The van der Waals surface area contributed by atoms with E-state index in [0.717, 1.165) is 32.3 Å². The highest BCUT2D eigenvalue weighted by atomic mass is 16.6. The molecular weight excluding hydrogens is 276 g/mol. The largest absolute Gasteiger partial charge is 0.376 e. The molecule has 2 unspecified atom stereocenters. The maximum atomic E-state index is 12.6. The molecule has 1 aromatic rings. The maximum absolute atomic E-state index is 12.6. The van der Waals surface area contributed by atoms with Gasteiger partial charge in [0, 0.05) is 13.2 Å². The van der Waals surface area contributed by atoms with E-state index < -0.39 is 4.92 Å². The summed E-state index contributed by atoms with van der Waals surface area (Å²) in [6.07, 6.45) is 3.78. The molecule has 114 valence electrons. The molecule has 3 rings (SSSR count). The second-order valence-corrected chi connectivity index (χ2v) is 5.56. The van der Waals surface area contributed by atoms with Gasteiger partial charge in [-0.3, -0.25) is 20.0 Å². The highest BCUT2D eigenvalue weighted by Crippen LogP contribution is 2.30. The van der Waals surface area contributed by atoms with Crippen molar-refractivity contribution in [2.45, 2.75) is 44.8 Å². The number of nitrogens with one attached hydrogen (secondary N) is 1. The fourth-order valence-electron chi connectivity index (χ4n) is 3.27. The van der Waals surface area contributed by atoms with E-state index in [1.165, 1.54) is 0 Å². The minimum absolute atomic E-state index is 0.0108. The zero-order valence-electron chi connectivity index (χ0n) is 11.9. The standard InChI is InChI=1S/C13H18N4O4/c1-8-12(17(19)20)11(15-14-8)13(18)16-6-2-4-9(16)10-5-3-7-21-10/h9-10H,2-7H2,1H3,(H,14,15). The normalized spacial score (nSPS) is 25.5. The number of nitro groups is 1. The quantitative estimate of drug-likeness (QED) is 0.671. The monoisotopic (exact) mass is 294 g/mol. The molecule has 21 heavy (non-hydrogen) atoms. The molecule has 0 aromatic carbocycles. The van der Waals surface area contributed by atoms with Crippen LogP contribution in [0.1, 0.15) is 41.9 Å². The summed E-state index contributed by atoms with van der Waals surface area (Å²) in [6, 6.07) is 0.0108. The fraction of sp³-hybridized carbons (Fsp3) is 0.692. The second-order valence-electron chi connectivity index (χ2n) is 5.56. The van der Waals surface area contributed by atoms with Crippen molar-refractivity contribution < 1.29 is 14.5 Å². The van der Waals surface area contributed by atoms with Crippen molar-refractivity contribution in [1.82, 2.24) is 15.1 Å². The van der Waals surface area contributed by atoms with Crippen LogP contribution in [-0.4, -0.2) is 51.2 Å². The van der Waals surface area contributed by atoms with Crippen LogP contribution < -0.4 is 0 Å². The van der Waals surface area contributed by atoms with Crippen LogP contribution in [0, 0.1) is 17.0 Å². The van der Waals surface area contributed by atoms with Crippen molar-refractivity contribution in [1.29, 1.82) is 0 Å². The molecule has 8 heteroatoms. The molecule has 8 nitrogen and oxygen atoms in total. The molecule has 0 spiro atoms. The van der Waals surface area contributed by atoms with Crippen LogP contribution in [0.15, 0.2) is 0 Å². The van der Waals surface area contributed by atoms with Gasteiger partial charge in [0.25, 0.3) is 5.91 Å². The number of H-pyrrole nitrogens is 1. The lowest BCUT2D eigenvalue weighted by Crippen LogP contribution is -2.42. The summed E-state index contributed by atoms with van der Waals surface area (Å²) in [5.41, 5.74) is -0.0170. The van der Waals surface area contributed by atoms with Crippen LogP contribution in [0.3, 0.4) is 0 Å². The summed E-state index contributed by atoms with van der Waals surface area (Å²) in [7, 11) is 0. The molecule has 1 amide bonds. The van der Waals surface area contributed by atoms with Crippen LogP contribution >= 0.6 is 0 Å². The van der Waals surface area contributed by atoms with Crippen LogP contribution in [0.5, 0.6) is 0 Å². The lowest BCUT2D eigenvalue weighted by atomic mass is 10.1. The number of rotatable bonds is 3. The Morgan fingerprint density at radius 1 is 1.48 bits per heavy atom. The zero-order chi connectivity index (χ0) is 15.0. The van der Waals surface area contributed by atoms with E-state index in [2.05, 4.69) is 10.2 Å². The molecule has 0 aliphatic carbocycles. The Labute approximate surface area is 121 Å². The summed E-state index contributed by atoms with van der Waals surface area (Å²) in [5.74, 6) is -0.371. The first-order valence-electron chi connectivity index (χ1n) is 7.21. The van der Waals surface area contributed by atoms with Gasteiger partial charge in [0.15, 0.2) is 0 Å². The van der Waals surface area contributed by atoms with Crippen LogP contribution in [0.4, 0.5) is 5.69 Å². The van der Waals surface area contributed by atoms with Gasteiger partial charge in [0.2, 0.25) is 5.69 Å². The van der Waals surface area contributed by atoms with E-state index in [1.54, 1.807) is 11.8 Å². The third-order valence-electron chi connectivity index (χ3n) is 4.25. The Kier molecular flexibility index (Phi) is 3.62. The molecule has 0 bridgehead atoms. The molecule has 1 N–H and O–H groups in total. The molecule has 0 radical (unpaired) electrons. The molecule has 2 aliphatic rings.